The summed E-state index contributed by atoms with van der Waals surface area (Å²) in [7, 11) is 0. The Kier molecular flexibility index (Phi) is 39.5. The lowest BCUT2D eigenvalue weighted by molar-refractivity contribution is -0.128. The summed E-state index contributed by atoms with van der Waals surface area (Å²) in [6, 6.07) is 20.9. The van der Waals surface area contributed by atoms with Crippen molar-refractivity contribution in [2.75, 3.05) is 0 Å². The summed E-state index contributed by atoms with van der Waals surface area (Å²) in [4.78, 5) is 13.5. The minimum Gasteiger partial charge on any atom is -0.371 e. The van der Waals surface area contributed by atoms with Crippen molar-refractivity contribution in [2.45, 2.75) is 296 Å². The van der Waals surface area contributed by atoms with Gasteiger partial charge in [-0.2, -0.15) is 0 Å². The van der Waals surface area contributed by atoms with E-state index in [0.717, 1.165) is 37.7 Å². The zero-order valence-electron chi connectivity index (χ0n) is 42.0. The number of nitrogens with one attached hydrogen (secondary N) is 1. The van der Waals surface area contributed by atoms with E-state index in [1.807, 2.05) is 0 Å². The van der Waals surface area contributed by atoms with E-state index in [1.54, 1.807) is 0 Å². The fraction of sp³-hybridized carbons (Fsp3) is 0.780. The van der Waals surface area contributed by atoms with Crippen molar-refractivity contribution in [3.05, 3.63) is 71.8 Å². The van der Waals surface area contributed by atoms with Crippen molar-refractivity contribution < 1.29 is 14.3 Å². The minimum absolute atomic E-state index is 0.0937. The molecule has 0 fully saturated rings. The third-order valence-electron chi connectivity index (χ3n) is 13.5. The molecule has 0 aliphatic carbocycles. The van der Waals surface area contributed by atoms with E-state index in [4.69, 9.17) is 9.47 Å². The minimum atomic E-state index is -0.218. The Labute approximate surface area is 392 Å². The molecule has 0 saturated carbocycles. The molecule has 0 radical (unpaired) electrons. The summed E-state index contributed by atoms with van der Waals surface area (Å²) in [6.07, 6.45) is 49.8. The van der Waals surface area contributed by atoms with Crippen LogP contribution in [0.15, 0.2) is 60.7 Å². The molecule has 0 heterocycles. The van der Waals surface area contributed by atoms with Crippen molar-refractivity contribution in [2.24, 2.45) is 0 Å². The number of carbonyl (C=O) groups is 1. The second kappa shape index (κ2) is 43.7. The first-order chi connectivity index (χ1) is 31.2. The number of amides is 1. The predicted molar refractivity (Wildman–Crippen MR) is 274 cm³/mol. The zero-order chi connectivity index (χ0) is 44.9. The Hall–Kier alpha value is -2.17. The molecule has 0 aromatic heterocycles. The molecule has 2 rings (SSSR count). The lowest BCUT2D eigenvalue weighted by Gasteiger charge is -2.34. The number of carbonyl (C=O) groups excluding carboxylic acids is 1. The smallest absolute Gasteiger partial charge is 0.220 e. The largest absolute Gasteiger partial charge is 0.371 e. The van der Waals surface area contributed by atoms with Crippen LogP contribution in [0.5, 0.6) is 0 Å². The van der Waals surface area contributed by atoms with Gasteiger partial charge in [0.25, 0.3) is 0 Å². The maximum atomic E-state index is 13.5. The number of rotatable bonds is 47. The summed E-state index contributed by atoms with van der Waals surface area (Å²) in [5.41, 5.74) is 2.33. The standard InChI is InChI=1S/C59H103NO3/c1-4-7-9-11-13-15-17-19-20-21-22-23-24-25-26-27-28-29-31-33-35-37-45-51-58(61)60-56(6-3)59(63-53-55-48-42-39-43-49-55)57(62-52-54-46-40-38-41-47-54)50-44-36-34-32-30-18-16-14-12-10-8-5-2/h38-43,46-49,56-57,59H,4-37,44-45,50-53H2,1-3H3,(H,60,61)/t56-,57+,59+/m1/s1. The van der Waals surface area contributed by atoms with Gasteiger partial charge in [-0.05, 0) is 30.4 Å². The average Bonchev–Trinajstić information content (AvgIpc) is 3.31. The Balaban J connectivity index is 1.68. The van der Waals surface area contributed by atoms with E-state index in [1.165, 1.54) is 211 Å². The summed E-state index contributed by atoms with van der Waals surface area (Å²) in [6.45, 7) is 7.85. The van der Waals surface area contributed by atoms with Crippen LogP contribution in [-0.4, -0.2) is 24.2 Å². The SMILES string of the molecule is CCCCCCCCCCCCCCCCCCCCCCCCCC(=O)N[C@H](CC)[C@H](OCc1ccccc1)[C@H](CCCCCCCCCCCCCC)OCc1ccccc1. The highest BCUT2D eigenvalue weighted by Gasteiger charge is 2.31. The highest BCUT2D eigenvalue weighted by molar-refractivity contribution is 5.76. The van der Waals surface area contributed by atoms with Gasteiger partial charge in [-0.3, -0.25) is 4.79 Å². The number of unbranched alkanes of at least 4 members (excludes halogenated alkanes) is 33. The van der Waals surface area contributed by atoms with Crippen LogP contribution in [0, 0.1) is 0 Å². The van der Waals surface area contributed by atoms with Crippen LogP contribution in [0.25, 0.3) is 0 Å². The average molecular weight is 874 g/mol. The van der Waals surface area contributed by atoms with Gasteiger partial charge in [0.05, 0.1) is 25.4 Å². The zero-order valence-corrected chi connectivity index (χ0v) is 42.0. The maximum Gasteiger partial charge on any atom is 0.220 e. The molecule has 4 nitrogen and oxygen atoms in total. The Bertz CT molecular complexity index is 1220. The third-order valence-corrected chi connectivity index (χ3v) is 13.5. The normalized spacial score (nSPS) is 13.0. The molecule has 2 aromatic carbocycles. The van der Waals surface area contributed by atoms with Gasteiger partial charge in [0.15, 0.2) is 0 Å². The van der Waals surface area contributed by atoms with Gasteiger partial charge in [0, 0.05) is 6.42 Å². The maximum absolute atomic E-state index is 13.5. The molecule has 63 heavy (non-hydrogen) atoms. The molecule has 1 N–H and O–H groups in total. The van der Waals surface area contributed by atoms with Crippen molar-refractivity contribution >= 4 is 5.91 Å². The van der Waals surface area contributed by atoms with Gasteiger partial charge in [0.1, 0.15) is 6.10 Å². The molecule has 3 atom stereocenters. The second-order valence-corrected chi connectivity index (χ2v) is 19.4. The molecule has 4 heteroatoms. The van der Waals surface area contributed by atoms with E-state index in [0.29, 0.717) is 19.6 Å². The van der Waals surface area contributed by atoms with Crippen LogP contribution in [0.1, 0.15) is 276 Å². The second-order valence-electron chi connectivity index (χ2n) is 19.4. The van der Waals surface area contributed by atoms with E-state index >= 15 is 0 Å². The number of hydrogen-bond acceptors (Lipinski definition) is 3. The molecule has 0 spiro atoms. The van der Waals surface area contributed by atoms with Gasteiger partial charge in [-0.1, -0.05) is 300 Å². The van der Waals surface area contributed by atoms with Crippen molar-refractivity contribution in [1.29, 1.82) is 0 Å². The van der Waals surface area contributed by atoms with Crippen LogP contribution in [0.3, 0.4) is 0 Å². The first-order valence-corrected chi connectivity index (χ1v) is 27.8. The van der Waals surface area contributed by atoms with Gasteiger partial charge in [0.2, 0.25) is 5.91 Å². The summed E-state index contributed by atoms with van der Waals surface area (Å²) in [5, 5.41) is 3.45. The Morgan fingerprint density at radius 2 is 0.730 bits per heavy atom. The van der Waals surface area contributed by atoms with Crippen molar-refractivity contribution in [1.82, 2.24) is 5.32 Å². The van der Waals surface area contributed by atoms with Gasteiger partial charge in [-0.15, -0.1) is 0 Å². The van der Waals surface area contributed by atoms with Gasteiger partial charge >= 0.3 is 0 Å². The molecule has 0 bridgehead atoms. The third kappa shape index (κ3) is 33.9. The number of benzene rings is 2. The van der Waals surface area contributed by atoms with E-state index < -0.39 is 0 Å². The summed E-state index contributed by atoms with van der Waals surface area (Å²) >= 11 is 0. The van der Waals surface area contributed by atoms with Gasteiger partial charge in [-0.25, -0.2) is 0 Å². The van der Waals surface area contributed by atoms with Crippen LogP contribution in [-0.2, 0) is 27.5 Å². The molecule has 0 unspecified atom stereocenters. The highest BCUT2D eigenvalue weighted by atomic mass is 16.5. The molecule has 0 aliphatic rings. The lowest BCUT2D eigenvalue weighted by atomic mass is 9.96. The Morgan fingerprint density at radius 1 is 0.413 bits per heavy atom. The molecule has 0 aliphatic heterocycles. The Morgan fingerprint density at radius 3 is 1.08 bits per heavy atom. The highest BCUT2D eigenvalue weighted by Crippen LogP contribution is 2.23. The predicted octanol–water partition coefficient (Wildman–Crippen LogP) is 18.5. The van der Waals surface area contributed by atoms with Gasteiger partial charge < -0.3 is 14.8 Å². The first-order valence-electron chi connectivity index (χ1n) is 27.8. The molecule has 2 aromatic rings. The van der Waals surface area contributed by atoms with E-state index in [9.17, 15) is 4.79 Å². The van der Waals surface area contributed by atoms with Crippen LogP contribution in [0.2, 0.25) is 0 Å². The first kappa shape index (κ1) is 57.0. The number of ether oxygens (including phenoxy) is 2. The fourth-order valence-corrected chi connectivity index (χ4v) is 9.32. The summed E-state index contributed by atoms with van der Waals surface area (Å²) < 4.78 is 13.6. The monoisotopic (exact) mass is 874 g/mol. The molecule has 362 valence electrons. The van der Waals surface area contributed by atoms with E-state index in [2.05, 4.69) is 86.8 Å². The van der Waals surface area contributed by atoms with Crippen LogP contribution in [0.4, 0.5) is 0 Å². The van der Waals surface area contributed by atoms with Crippen molar-refractivity contribution in [3.63, 3.8) is 0 Å². The van der Waals surface area contributed by atoms with E-state index in [-0.39, 0.29) is 24.2 Å². The molecule has 0 saturated heterocycles. The van der Waals surface area contributed by atoms with Crippen LogP contribution >= 0.6 is 0 Å². The molecular weight excluding hydrogens is 771 g/mol. The quantitative estimate of drug-likeness (QED) is 0.0674. The molecular formula is C59H103NO3. The summed E-state index contributed by atoms with van der Waals surface area (Å²) in [5.74, 6) is 0.158. The van der Waals surface area contributed by atoms with Crippen LogP contribution < -0.4 is 5.32 Å². The lowest BCUT2D eigenvalue weighted by Crippen LogP contribution is -2.50. The fourth-order valence-electron chi connectivity index (χ4n) is 9.32. The molecule has 1 amide bonds. The van der Waals surface area contributed by atoms with Crippen molar-refractivity contribution in [3.8, 4) is 0 Å². The topological polar surface area (TPSA) is 47.6 Å². The number of hydrogen-bond donors (Lipinski definition) is 1.